The number of halogens is 1. The molecule has 1 rings (SSSR count). The van der Waals surface area contributed by atoms with Crippen LogP contribution in [0.1, 0.15) is 18.1 Å². The first-order valence-electron chi connectivity index (χ1n) is 5.55. The summed E-state index contributed by atoms with van der Waals surface area (Å²) in [5, 5.41) is 12.8. The summed E-state index contributed by atoms with van der Waals surface area (Å²) in [4.78, 5) is 0. The lowest BCUT2D eigenvalue weighted by Crippen LogP contribution is -2.22. The first-order valence-corrected chi connectivity index (χ1v) is 7.32. The highest BCUT2D eigenvalue weighted by molar-refractivity contribution is 7.98. The number of benzene rings is 1. The van der Waals surface area contributed by atoms with E-state index in [9.17, 15) is 0 Å². The van der Waals surface area contributed by atoms with E-state index in [0.29, 0.717) is 16.5 Å². The van der Waals surface area contributed by atoms with E-state index in [-0.39, 0.29) is 0 Å². The van der Waals surface area contributed by atoms with Crippen molar-refractivity contribution < 1.29 is 0 Å². The number of hydrogen-bond acceptors (Lipinski definition) is 3. The zero-order valence-corrected chi connectivity index (χ0v) is 11.7. The molecule has 1 unspecified atom stereocenters. The molecule has 0 fully saturated rings. The summed E-state index contributed by atoms with van der Waals surface area (Å²) in [6.07, 6.45) is 2.12. The molecule has 0 radical (unpaired) electrons. The molecule has 1 aromatic carbocycles. The molecule has 17 heavy (non-hydrogen) atoms. The van der Waals surface area contributed by atoms with Crippen molar-refractivity contribution in [3.05, 3.63) is 34.3 Å². The van der Waals surface area contributed by atoms with Gasteiger partial charge in [0, 0.05) is 11.6 Å². The number of nitrogens with zero attached hydrogens (tertiary/aromatic N) is 1. The van der Waals surface area contributed by atoms with Crippen LogP contribution in [0.4, 0.5) is 0 Å². The molecular weight excluding hydrogens is 252 g/mol. The first kappa shape index (κ1) is 14.4. The average molecular weight is 269 g/mol. The smallest absolute Gasteiger partial charge is 0.0992 e. The Labute approximate surface area is 112 Å². The number of nitriles is 1. The van der Waals surface area contributed by atoms with Crippen LogP contribution in [-0.4, -0.2) is 18.6 Å². The van der Waals surface area contributed by atoms with Gasteiger partial charge in [-0.25, -0.2) is 0 Å². The quantitative estimate of drug-likeness (QED) is 0.860. The van der Waals surface area contributed by atoms with Crippen LogP contribution in [0.5, 0.6) is 0 Å². The van der Waals surface area contributed by atoms with Crippen LogP contribution in [0.2, 0.25) is 5.02 Å². The van der Waals surface area contributed by atoms with Gasteiger partial charge in [-0.05, 0) is 42.2 Å². The van der Waals surface area contributed by atoms with E-state index in [1.807, 2.05) is 17.8 Å². The Morgan fingerprint density at radius 2 is 2.29 bits per heavy atom. The molecule has 4 heteroatoms. The molecule has 0 bridgehead atoms. The minimum absolute atomic E-state index is 0.606. The molecule has 0 aliphatic heterocycles. The largest absolute Gasteiger partial charge is 0.312 e. The van der Waals surface area contributed by atoms with Gasteiger partial charge in [-0.1, -0.05) is 24.6 Å². The lowest BCUT2D eigenvalue weighted by Gasteiger charge is -2.11. The normalized spacial score (nSPS) is 12.1. The molecule has 0 aliphatic carbocycles. The molecule has 1 N–H and O–H groups in total. The Hall–Kier alpha value is -0.690. The van der Waals surface area contributed by atoms with E-state index in [4.69, 9.17) is 16.9 Å². The molecule has 0 spiro atoms. The van der Waals surface area contributed by atoms with Gasteiger partial charge >= 0.3 is 0 Å². The van der Waals surface area contributed by atoms with Crippen molar-refractivity contribution in [3.8, 4) is 6.07 Å². The van der Waals surface area contributed by atoms with Crippen molar-refractivity contribution >= 4 is 23.4 Å². The highest BCUT2D eigenvalue weighted by Crippen LogP contribution is 2.17. The van der Waals surface area contributed by atoms with Gasteiger partial charge in [-0.3, -0.25) is 0 Å². The van der Waals surface area contributed by atoms with E-state index < -0.39 is 0 Å². The maximum atomic E-state index is 8.73. The highest BCUT2D eigenvalue weighted by Gasteiger charge is 2.03. The van der Waals surface area contributed by atoms with E-state index >= 15 is 0 Å². The second-order valence-electron chi connectivity index (χ2n) is 4.11. The standard InChI is InChI=1S/C13H17ClN2S/c1-10(9-17-2)7-16-8-12-4-3-11(6-15)5-13(12)14/h3-5,10,16H,7-9H2,1-2H3. The van der Waals surface area contributed by atoms with Gasteiger partial charge in [-0.2, -0.15) is 17.0 Å². The van der Waals surface area contributed by atoms with Crippen molar-refractivity contribution in [1.82, 2.24) is 5.32 Å². The van der Waals surface area contributed by atoms with Crippen molar-refractivity contribution in [3.63, 3.8) is 0 Å². The Balaban J connectivity index is 2.45. The molecule has 0 saturated heterocycles. The molecule has 0 aromatic heterocycles. The maximum Gasteiger partial charge on any atom is 0.0992 e. The molecule has 2 nitrogen and oxygen atoms in total. The number of nitrogens with one attached hydrogen (secondary N) is 1. The summed E-state index contributed by atoms with van der Waals surface area (Å²) in [5.74, 6) is 1.82. The Bertz CT molecular complexity index is 401. The second kappa shape index (κ2) is 7.60. The lowest BCUT2D eigenvalue weighted by atomic mass is 10.1. The van der Waals surface area contributed by atoms with Gasteiger partial charge < -0.3 is 5.32 Å². The molecule has 1 atom stereocenters. The SMILES string of the molecule is CSCC(C)CNCc1ccc(C#N)cc1Cl. The Kier molecular flexibility index (Phi) is 6.43. The number of thioether (sulfide) groups is 1. The van der Waals surface area contributed by atoms with Crippen LogP contribution >= 0.6 is 23.4 Å². The highest BCUT2D eigenvalue weighted by atomic mass is 35.5. The number of hydrogen-bond donors (Lipinski definition) is 1. The minimum Gasteiger partial charge on any atom is -0.312 e. The Morgan fingerprint density at radius 3 is 2.88 bits per heavy atom. The van der Waals surface area contributed by atoms with Crippen LogP contribution in [0.3, 0.4) is 0 Å². The first-order chi connectivity index (χ1) is 8.17. The van der Waals surface area contributed by atoms with Crippen LogP contribution in [0.15, 0.2) is 18.2 Å². The third-order valence-corrected chi connectivity index (χ3v) is 3.70. The van der Waals surface area contributed by atoms with Crippen molar-refractivity contribution in [2.24, 2.45) is 5.92 Å². The minimum atomic E-state index is 0.606. The van der Waals surface area contributed by atoms with Crippen LogP contribution in [0, 0.1) is 17.2 Å². The predicted octanol–water partition coefficient (Wildman–Crippen LogP) is 3.30. The third-order valence-electron chi connectivity index (χ3n) is 2.44. The summed E-state index contributed by atoms with van der Waals surface area (Å²) in [5.41, 5.74) is 1.65. The van der Waals surface area contributed by atoms with Crippen molar-refractivity contribution in [2.75, 3.05) is 18.6 Å². The second-order valence-corrected chi connectivity index (χ2v) is 5.43. The van der Waals surface area contributed by atoms with Gasteiger partial charge in [0.2, 0.25) is 0 Å². The van der Waals surface area contributed by atoms with E-state index in [1.54, 1.807) is 12.1 Å². The molecule has 0 heterocycles. The molecule has 0 amide bonds. The average Bonchev–Trinajstić information content (AvgIpc) is 2.31. The van der Waals surface area contributed by atoms with E-state index in [1.165, 1.54) is 0 Å². The van der Waals surface area contributed by atoms with Gasteiger partial charge in [0.1, 0.15) is 0 Å². The van der Waals surface area contributed by atoms with E-state index in [0.717, 1.165) is 24.4 Å². The number of rotatable bonds is 6. The molecule has 0 aliphatic rings. The monoisotopic (exact) mass is 268 g/mol. The predicted molar refractivity (Wildman–Crippen MR) is 75.4 cm³/mol. The van der Waals surface area contributed by atoms with Crippen LogP contribution in [0.25, 0.3) is 0 Å². The fraction of sp³-hybridized carbons (Fsp3) is 0.462. The summed E-state index contributed by atoms with van der Waals surface area (Å²) in [6.45, 7) is 3.96. The van der Waals surface area contributed by atoms with Crippen LogP contribution in [-0.2, 0) is 6.54 Å². The zero-order chi connectivity index (χ0) is 12.7. The van der Waals surface area contributed by atoms with Crippen molar-refractivity contribution in [1.29, 1.82) is 5.26 Å². The summed E-state index contributed by atoms with van der Waals surface area (Å²) < 4.78 is 0. The van der Waals surface area contributed by atoms with Gasteiger partial charge in [-0.15, -0.1) is 0 Å². The zero-order valence-electron chi connectivity index (χ0n) is 10.2. The summed E-state index contributed by atoms with van der Waals surface area (Å²) in [7, 11) is 0. The van der Waals surface area contributed by atoms with Gasteiger partial charge in [0.05, 0.1) is 11.6 Å². The lowest BCUT2D eigenvalue weighted by molar-refractivity contribution is 0.559. The summed E-state index contributed by atoms with van der Waals surface area (Å²) >= 11 is 7.95. The molecule has 1 aromatic rings. The van der Waals surface area contributed by atoms with Crippen LogP contribution < -0.4 is 5.32 Å². The Morgan fingerprint density at radius 1 is 1.53 bits per heavy atom. The topological polar surface area (TPSA) is 35.8 Å². The molecule has 92 valence electrons. The fourth-order valence-electron chi connectivity index (χ4n) is 1.56. The fourth-order valence-corrected chi connectivity index (χ4v) is 2.49. The van der Waals surface area contributed by atoms with E-state index in [2.05, 4.69) is 24.6 Å². The maximum absolute atomic E-state index is 8.73. The van der Waals surface area contributed by atoms with Crippen molar-refractivity contribution in [2.45, 2.75) is 13.5 Å². The van der Waals surface area contributed by atoms with Gasteiger partial charge in [0.15, 0.2) is 0 Å². The summed E-state index contributed by atoms with van der Waals surface area (Å²) in [6, 6.07) is 7.50. The third kappa shape index (κ3) is 4.99. The molecule has 0 saturated carbocycles. The van der Waals surface area contributed by atoms with Gasteiger partial charge in [0.25, 0.3) is 0 Å². The molecular formula is C13H17ClN2S.